The Hall–Kier alpha value is -3.69. The Morgan fingerprint density at radius 2 is 1.84 bits per heavy atom. The highest BCUT2D eigenvalue weighted by Gasteiger charge is 2.25. The van der Waals surface area contributed by atoms with Gasteiger partial charge in [-0.1, -0.05) is 0 Å². The summed E-state index contributed by atoms with van der Waals surface area (Å²) in [6, 6.07) is 4.98. The van der Waals surface area contributed by atoms with E-state index in [4.69, 9.17) is 0 Å². The summed E-state index contributed by atoms with van der Waals surface area (Å²) >= 11 is 0. The quantitative estimate of drug-likeness (QED) is 0.491. The van der Waals surface area contributed by atoms with Crippen molar-refractivity contribution in [3.05, 3.63) is 81.5 Å². The van der Waals surface area contributed by atoms with E-state index in [1.54, 1.807) is 13.1 Å². The van der Waals surface area contributed by atoms with Crippen molar-refractivity contribution in [1.82, 2.24) is 19.5 Å². The molecule has 0 unspecified atom stereocenters. The molecular weight excluding hydrogens is 416 g/mol. The first-order chi connectivity index (χ1) is 14.7. The third-order valence-electron chi connectivity index (χ3n) is 5.30. The minimum absolute atomic E-state index is 0.0665. The lowest BCUT2D eigenvalue weighted by Crippen LogP contribution is -2.31. The molecule has 1 atom stereocenters. The zero-order chi connectivity index (χ0) is 22.4. The summed E-state index contributed by atoms with van der Waals surface area (Å²) in [7, 11) is 1.46. The molecule has 0 spiro atoms. The zero-order valence-corrected chi connectivity index (χ0v) is 16.4. The third-order valence-corrected chi connectivity index (χ3v) is 5.30. The van der Waals surface area contributed by atoms with Gasteiger partial charge in [-0.05, 0) is 37.3 Å². The fourth-order valence-electron chi connectivity index (χ4n) is 3.52. The van der Waals surface area contributed by atoms with E-state index in [-0.39, 0.29) is 33.1 Å². The van der Waals surface area contributed by atoms with Gasteiger partial charge in [-0.25, -0.2) is 22.7 Å². The second-order valence-corrected chi connectivity index (χ2v) is 7.13. The van der Waals surface area contributed by atoms with Gasteiger partial charge in [0, 0.05) is 30.4 Å². The number of aromatic amines is 1. The van der Waals surface area contributed by atoms with Gasteiger partial charge in [0.15, 0.2) is 11.6 Å². The molecule has 31 heavy (non-hydrogen) atoms. The Morgan fingerprint density at radius 3 is 2.52 bits per heavy atom. The number of fused-ring (bicyclic) bond motifs is 2. The monoisotopic (exact) mass is 432 g/mol. The van der Waals surface area contributed by atoms with Gasteiger partial charge in [0.25, 0.3) is 17.9 Å². The van der Waals surface area contributed by atoms with Crippen molar-refractivity contribution >= 4 is 22.2 Å². The molecule has 0 fully saturated rings. The zero-order valence-electron chi connectivity index (χ0n) is 16.4. The molecule has 0 aliphatic rings. The van der Waals surface area contributed by atoms with Gasteiger partial charge in [0.2, 0.25) is 0 Å². The number of halogens is 4. The maximum atomic E-state index is 13.8. The number of benzene rings is 1. The second kappa shape index (κ2) is 7.53. The van der Waals surface area contributed by atoms with Crippen LogP contribution in [0.15, 0.2) is 47.5 Å². The number of amides is 1. The summed E-state index contributed by atoms with van der Waals surface area (Å²) in [4.78, 5) is 26.3. The molecule has 0 aliphatic carbocycles. The van der Waals surface area contributed by atoms with Gasteiger partial charge in [-0.3, -0.25) is 9.59 Å². The summed E-state index contributed by atoms with van der Waals surface area (Å²) < 4.78 is 55.3. The molecule has 160 valence electrons. The van der Waals surface area contributed by atoms with Gasteiger partial charge in [-0.15, -0.1) is 0 Å². The van der Waals surface area contributed by atoms with E-state index >= 15 is 0 Å². The Bertz CT molecular complexity index is 1380. The second-order valence-electron chi connectivity index (χ2n) is 7.13. The first-order valence-electron chi connectivity index (χ1n) is 9.22. The number of hydrogen-bond donors (Lipinski definition) is 1. The molecule has 0 bridgehead atoms. The van der Waals surface area contributed by atoms with Crippen molar-refractivity contribution in [3.8, 4) is 0 Å². The van der Waals surface area contributed by atoms with Crippen molar-refractivity contribution in [3.63, 3.8) is 0 Å². The first kappa shape index (κ1) is 20.6. The number of nitrogens with zero attached hydrogens (tertiary/aromatic N) is 3. The van der Waals surface area contributed by atoms with Crippen molar-refractivity contribution in [2.75, 3.05) is 7.05 Å². The highest BCUT2D eigenvalue weighted by Crippen LogP contribution is 2.28. The molecule has 0 saturated heterocycles. The number of aromatic nitrogens is 3. The smallest absolute Gasteiger partial charge is 0.272 e. The van der Waals surface area contributed by atoms with E-state index in [2.05, 4.69) is 10.2 Å². The molecule has 10 heteroatoms. The summed E-state index contributed by atoms with van der Waals surface area (Å²) in [5.74, 6) is -2.83. The van der Waals surface area contributed by atoms with Crippen LogP contribution in [0.3, 0.4) is 0 Å². The molecule has 0 radical (unpaired) electrons. The highest BCUT2D eigenvalue weighted by atomic mass is 19.3. The molecule has 1 amide bonds. The Labute approximate surface area is 172 Å². The number of rotatable bonds is 4. The number of pyridine rings is 1. The van der Waals surface area contributed by atoms with Crippen LogP contribution in [0.2, 0.25) is 0 Å². The fourth-order valence-corrected chi connectivity index (χ4v) is 3.52. The van der Waals surface area contributed by atoms with Crippen LogP contribution >= 0.6 is 0 Å². The minimum Gasteiger partial charge on any atom is -0.333 e. The predicted molar refractivity (Wildman–Crippen MR) is 105 cm³/mol. The van der Waals surface area contributed by atoms with Gasteiger partial charge in [0.05, 0.1) is 28.2 Å². The highest BCUT2D eigenvalue weighted by molar-refractivity contribution is 5.96. The number of hydrogen-bond acceptors (Lipinski definition) is 3. The van der Waals surface area contributed by atoms with Crippen LogP contribution in [-0.4, -0.2) is 32.5 Å². The molecule has 4 rings (SSSR count). The molecule has 4 aromatic rings. The van der Waals surface area contributed by atoms with Crippen molar-refractivity contribution in [2.45, 2.75) is 19.4 Å². The molecule has 3 heterocycles. The van der Waals surface area contributed by atoms with E-state index in [0.717, 1.165) is 12.1 Å². The van der Waals surface area contributed by atoms with E-state index in [1.807, 2.05) is 0 Å². The van der Waals surface area contributed by atoms with Gasteiger partial charge < -0.3 is 9.30 Å². The minimum atomic E-state index is -2.70. The van der Waals surface area contributed by atoms with Crippen molar-refractivity contribution < 1.29 is 22.4 Å². The molecule has 6 nitrogen and oxygen atoms in total. The number of alkyl halides is 2. The van der Waals surface area contributed by atoms with E-state index in [0.29, 0.717) is 0 Å². The van der Waals surface area contributed by atoms with Crippen LogP contribution in [0.5, 0.6) is 0 Å². The standard InChI is InChI=1S/C21H16F4N4O2/c1-10(18-13-7-15(22)16(23)8-14(13)20(30)27-26-18)28(2)21(31)11-6-17-12(19(24)25)4-3-5-29(17)9-11/h3-10,19H,1-2H3,(H,27,30)/t10-/m0/s1. The van der Waals surface area contributed by atoms with E-state index < -0.39 is 35.6 Å². The summed E-state index contributed by atoms with van der Waals surface area (Å²) in [6.07, 6.45) is 0.279. The topological polar surface area (TPSA) is 70.5 Å². The Balaban J connectivity index is 1.74. The lowest BCUT2D eigenvalue weighted by atomic mass is 10.1. The summed E-state index contributed by atoms with van der Waals surface area (Å²) in [5, 5.41) is 6.12. The number of carbonyl (C=O) groups excluding carboxylic acids is 1. The summed E-state index contributed by atoms with van der Waals surface area (Å²) in [6.45, 7) is 1.60. The van der Waals surface area contributed by atoms with Crippen LogP contribution in [0.4, 0.5) is 17.6 Å². The van der Waals surface area contributed by atoms with Crippen LogP contribution in [0, 0.1) is 11.6 Å². The van der Waals surface area contributed by atoms with Crippen LogP contribution in [0.25, 0.3) is 16.3 Å². The molecular formula is C21H16F4N4O2. The fraction of sp³-hybridized carbons (Fsp3) is 0.190. The first-order valence-corrected chi connectivity index (χ1v) is 9.22. The normalized spacial score (nSPS) is 12.6. The van der Waals surface area contributed by atoms with Gasteiger partial charge in [-0.2, -0.15) is 5.10 Å². The maximum absolute atomic E-state index is 13.8. The van der Waals surface area contributed by atoms with E-state index in [9.17, 15) is 27.2 Å². The molecule has 0 aliphatic heterocycles. The van der Waals surface area contributed by atoms with Gasteiger partial charge >= 0.3 is 0 Å². The lowest BCUT2D eigenvalue weighted by molar-refractivity contribution is 0.0740. The Morgan fingerprint density at radius 1 is 1.16 bits per heavy atom. The molecule has 3 aromatic heterocycles. The van der Waals surface area contributed by atoms with Crippen molar-refractivity contribution in [1.29, 1.82) is 0 Å². The predicted octanol–water partition coefficient (Wildman–Crippen LogP) is 4.22. The number of H-pyrrole nitrogens is 1. The van der Waals surface area contributed by atoms with Gasteiger partial charge in [0.1, 0.15) is 0 Å². The molecule has 0 saturated carbocycles. The molecule has 1 N–H and O–H groups in total. The van der Waals surface area contributed by atoms with Crippen molar-refractivity contribution in [2.24, 2.45) is 0 Å². The van der Waals surface area contributed by atoms with Crippen LogP contribution in [0.1, 0.15) is 41.0 Å². The Kier molecular flexibility index (Phi) is 5.00. The average molecular weight is 432 g/mol. The average Bonchev–Trinajstić information content (AvgIpc) is 3.18. The number of carbonyl (C=O) groups is 1. The van der Waals surface area contributed by atoms with Crippen LogP contribution < -0.4 is 5.56 Å². The summed E-state index contributed by atoms with van der Waals surface area (Å²) in [5.41, 5.74) is -0.387. The maximum Gasteiger partial charge on any atom is 0.272 e. The number of nitrogens with one attached hydrogen (secondary N) is 1. The third kappa shape index (κ3) is 3.43. The SMILES string of the molecule is C[C@@H](c1n[nH]c(=O)c2cc(F)c(F)cc12)N(C)C(=O)c1cc2c(C(F)F)cccn2c1. The lowest BCUT2D eigenvalue weighted by Gasteiger charge is -2.24. The van der Waals surface area contributed by atoms with Crippen LogP contribution in [-0.2, 0) is 0 Å². The molecule has 1 aromatic carbocycles. The largest absolute Gasteiger partial charge is 0.333 e. The van der Waals surface area contributed by atoms with E-state index in [1.165, 1.54) is 40.7 Å².